The van der Waals surface area contributed by atoms with Gasteiger partial charge in [0.2, 0.25) is 11.8 Å². The van der Waals surface area contributed by atoms with Crippen molar-refractivity contribution >= 4 is 11.9 Å². The fraction of sp³-hybridized carbons (Fsp3) is 0.625. The van der Waals surface area contributed by atoms with Crippen molar-refractivity contribution in [2.75, 3.05) is 12.3 Å². The summed E-state index contributed by atoms with van der Waals surface area (Å²) < 4.78 is 4.78. The zero-order valence-corrected chi connectivity index (χ0v) is 7.69. The summed E-state index contributed by atoms with van der Waals surface area (Å²) in [6.07, 6.45) is 2.56. The van der Waals surface area contributed by atoms with Crippen molar-refractivity contribution in [3.05, 3.63) is 5.89 Å². The fourth-order valence-electron chi connectivity index (χ4n) is 1.15. The van der Waals surface area contributed by atoms with Gasteiger partial charge in [0.1, 0.15) is 0 Å². The Balaban J connectivity index is 1.69. The Bertz CT molecular complexity index is 332. The second kappa shape index (κ2) is 3.65. The van der Waals surface area contributed by atoms with Crippen LogP contribution in [-0.2, 0) is 11.2 Å². The number of nitrogens with one attached hydrogen (secondary N) is 1. The van der Waals surface area contributed by atoms with Crippen molar-refractivity contribution < 1.29 is 9.32 Å². The summed E-state index contributed by atoms with van der Waals surface area (Å²) in [6.45, 7) is 0.525. The van der Waals surface area contributed by atoms with Gasteiger partial charge in [0.15, 0.2) is 0 Å². The molecule has 2 rings (SSSR count). The zero-order chi connectivity index (χ0) is 9.97. The molecule has 0 aliphatic heterocycles. The third-order valence-electron chi connectivity index (χ3n) is 2.07. The number of nitrogens with two attached hydrogens (primary N) is 1. The van der Waals surface area contributed by atoms with E-state index >= 15 is 0 Å². The predicted molar refractivity (Wildman–Crippen MR) is 48.1 cm³/mol. The van der Waals surface area contributed by atoms with E-state index in [0.717, 1.165) is 12.8 Å². The van der Waals surface area contributed by atoms with E-state index in [9.17, 15) is 4.79 Å². The van der Waals surface area contributed by atoms with Gasteiger partial charge in [-0.2, -0.15) is 4.98 Å². The van der Waals surface area contributed by atoms with Gasteiger partial charge < -0.3 is 15.6 Å². The Morgan fingerprint density at radius 2 is 2.43 bits per heavy atom. The zero-order valence-electron chi connectivity index (χ0n) is 7.69. The van der Waals surface area contributed by atoms with Crippen LogP contribution in [-0.4, -0.2) is 22.6 Å². The number of hydrogen-bond donors (Lipinski definition) is 2. The van der Waals surface area contributed by atoms with E-state index in [4.69, 9.17) is 10.3 Å². The first kappa shape index (κ1) is 8.98. The van der Waals surface area contributed by atoms with E-state index in [2.05, 4.69) is 15.5 Å². The molecule has 0 aromatic carbocycles. The van der Waals surface area contributed by atoms with Crippen molar-refractivity contribution in [1.29, 1.82) is 0 Å². The van der Waals surface area contributed by atoms with E-state index in [1.54, 1.807) is 0 Å². The van der Waals surface area contributed by atoms with Crippen LogP contribution < -0.4 is 11.1 Å². The van der Waals surface area contributed by atoms with Crippen molar-refractivity contribution in [1.82, 2.24) is 15.5 Å². The molecule has 6 heteroatoms. The number of carbonyl (C=O) groups excluding carboxylic acids is 1. The average molecular weight is 196 g/mol. The third kappa shape index (κ3) is 2.21. The first-order chi connectivity index (χ1) is 6.75. The quantitative estimate of drug-likeness (QED) is 0.690. The number of amides is 1. The molecule has 14 heavy (non-hydrogen) atoms. The molecule has 1 saturated carbocycles. The Kier molecular flexibility index (Phi) is 2.34. The van der Waals surface area contributed by atoms with Crippen molar-refractivity contribution in [3.8, 4) is 0 Å². The van der Waals surface area contributed by atoms with Crippen LogP contribution in [0.3, 0.4) is 0 Å². The molecule has 6 nitrogen and oxygen atoms in total. The lowest BCUT2D eigenvalue weighted by atomic mass is 10.3. The van der Waals surface area contributed by atoms with Gasteiger partial charge in [-0.1, -0.05) is 0 Å². The van der Waals surface area contributed by atoms with Crippen molar-refractivity contribution in [2.45, 2.75) is 19.3 Å². The predicted octanol–water partition coefficient (Wildman–Crippen LogP) is -0.280. The molecule has 1 aliphatic rings. The molecule has 1 aliphatic carbocycles. The third-order valence-corrected chi connectivity index (χ3v) is 2.07. The minimum absolute atomic E-state index is 0.123. The van der Waals surface area contributed by atoms with Crippen LogP contribution in [0.15, 0.2) is 4.52 Å². The first-order valence-electron chi connectivity index (χ1n) is 4.61. The average Bonchev–Trinajstić information content (AvgIpc) is 2.92. The highest BCUT2D eigenvalue weighted by molar-refractivity contribution is 5.80. The number of carbonyl (C=O) groups is 1. The molecule has 1 heterocycles. The summed E-state index contributed by atoms with van der Waals surface area (Å²) in [5.41, 5.74) is 5.27. The van der Waals surface area contributed by atoms with Crippen LogP contribution in [0.2, 0.25) is 0 Å². The van der Waals surface area contributed by atoms with Crippen LogP contribution in [0.4, 0.5) is 5.95 Å². The Morgan fingerprint density at radius 3 is 3.00 bits per heavy atom. The maximum atomic E-state index is 11.2. The Morgan fingerprint density at radius 1 is 1.64 bits per heavy atom. The second-order valence-electron chi connectivity index (χ2n) is 3.36. The molecule has 0 bridgehead atoms. The standard InChI is InChI=1S/C8H12N4O2/c9-8-11-6(14-12-8)3-4-10-7(13)5-1-2-5/h5H,1-4H2,(H2,9,12)(H,10,13). The summed E-state index contributed by atoms with van der Waals surface area (Å²) in [4.78, 5) is 15.0. The molecule has 0 spiro atoms. The molecule has 0 radical (unpaired) electrons. The summed E-state index contributed by atoms with van der Waals surface area (Å²) in [7, 11) is 0. The second-order valence-corrected chi connectivity index (χ2v) is 3.36. The highest BCUT2D eigenvalue weighted by Crippen LogP contribution is 2.28. The molecule has 1 fully saturated rings. The van der Waals surface area contributed by atoms with E-state index in [0.29, 0.717) is 18.9 Å². The van der Waals surface area contributed by atoms with Crippen LogP contribution in [0, 0.1) is 5.92 Å². The molecule has 0 atom stereocenters. The number of anilines is 1. The smallest absolute Gasteiger partial charge is 0.260 e. The number of aromatic nitrogens is 2. The van der Waals surface area contributed by atoms with Gasteiger partial charge in [0.25, 0.3) is 5.95 Å². The van der Waals surface area contributed by atoms with Crippen molar-refractivity contribution in [2.24, 2.45) is 5.92 Å². The van der Waals surface area contributed by atoms with Gasteiger partial charge in [0.05, 0.1) is 0 Å². The van der Waals surface area contributed by atoms with Gasteiger partial charge in [-0.25, -0.2) is 0 Å². The summed E-state index contributed by atoms with van der Waals surface area (Å²) >= 11 is 0. The van der Waals surface area contributed by atoms with Crippen LogP contribution in [0.25, 0.3) is 0 Å². The summed E-state index contributed by atoms with van der Waals surface area (Å²) in [5, 5.41) is 6.24. The Hall–Kier alpha value is -1.59. The lowest BCUT2D eigenvalue weighted by Crippen LogP contribution is -2.26. The van der Waals surface area contributed by atoms with Gasteiger partial charge in [-0.15, -0.1) is 0 Å². The molecule has 1 amide bonds. The highest BCUT2D eigenvalue weighted by atomic mass is 16.5. The van der Waals surface area contributed by atoms with E-state index < -0.39 is 0 Å². The maximum absolute atomic E-state index is 11.2. The minimum Gasteiger partial charge on any atom is -0.365 e. The molecule has 0 unspecified atom stereocenters. The van der Waals surface area contributed by atoms with Gasteiger partial charge in [-0.05, 0) is 18.0 Å². The highest BCUT2D eigenvalue weighted by Gasteiger charge is 2.29. The molecular weight excluding hydrogens is 184 g/mol. The number of rotatable bonds is 4. The summed E-state index contributed by atoms with van der Waals surface area (Å²) in [5.74, 6) is 0.951. The minimum atomic E-state index is 0.123. The molecule has 3 N–H and O–H groups in total. The van der Waals surface area contributed by atoms with Crippen molar-refractivity contribution in [3.63, 3.8) is 0 Å². The van der Waals surface area contributed by atoms with E-state index in [1.165, 1.54) is 0 Å². The maximum Gasteiger partial charge on any atom is 0.260 e. The number of nitrogen functional groups attached to an aromatic ring is 1. The normalized spacial score (nSPS) is 15.4. The Labute approximate surface area is 80.9 Å². The van der Waals surface area contributed by atoms with Crippen LogP contribution in [0.1, 0.15) is 18.7 Å². The number of hydrogen-bond acceptors (Lipinski definition) is 5. The molecule has 1 aromatic rings. The SMILES string of the molecule is Nc1noc(CCNC(=O)C2CC2)n1. The lowest BCUT2D eigenvalue weighted by molar-refractivity contribution is -0.122. The van der Waals surface area contributed by atoms with Gasteiger partial charge in [0, 0.05) is 18.9 Å². The lowest BCUT2D eigenvalue weighted by Gasteiger charge is -2.00. The largest absolute Gasteiger partial charge is 0.365 e. The van der Waals surface area contributed by atoms with Gasteiger partial charge in [-0.3, -0.25) is 4.79 Å². The molecular formula is C8H12N4O2. The monoisotopic (exact) mass is 196 g/mol. The molecule has 0 saturated heterocycles. The first-order valence-corrected chi connectivity index (χ1v) is 4.61. The topological polar surface area (TPSA) is 94.0 Å². The molecule has 76 valence electrons. The van der Waals surface area contributed by atoms with Crippen LogP contribution in [0.5, 0.6) is 0 Å². The number of nitrogens with zero attached hydrogens (tertiary/aromatic N) is 2. The van der Waals surface area contributed by atoms with E-state index in [1.807, 2.05) is 0 Å². The van der Waals surface area contributed by atoms with Crippen LogP contribution >= 0.6 is 0 Å². The molecule has 1 aromatic heterocycles. The van der Waals surface area contributed by atoms with Gasteiger partial charge >= 0.3 is 0 Å². The van der Waals surface area contributed by atoms with E-state index in [-0.39, 0.29) is 17.8 Å². The fourth-order valence-corrected chi connectivity index (χ4v) is 1.15. The summed E-state index contributed by atoms with van der Waals surface area (Å²) in [6, 6.07) is 0.